The van der Waals surface area contributed by atoms with Crippen LogP contribution < -0.4 is 10.6 Å². The van der Waals surface area contributed by atoms with E-state index in [-0.39, 0.29) is 0 Å². The number of fused-ring (bicyclic) bond motifs is 2. The summed E-state index contributed by atoms with van der Waals surface area (Å²) in [5.41, 5.74) is 6.05. The van der Waals surface area contributed by atoms with Gasteiger partial charge in [0.2, 0.25) is 0 Å². The van der Waals surface area contributed by atoms with Gasteiger partial charge in [-0.25, -0.2) is 9.97 Å². The Kier molecular flexibility index (Phi) is 4.29. The maximum Gasteiger partial charge on any atom is 0.124 e. The van der Waals surface area contributed by atoms with E-state index in [1.54, 1.807) is 0 Å². The van der Waals surface area contributed by atoms with Crippen molar-refractivity contribution in [2.24, 2.45) is 0 Å². The Morgan fingerprint density at radius 3 is 1.63 bits per heavy atom. The number of H-pyrrole nitrogens is 2. The van der Waals surface area contributed by atoms with Crippen molar-refractivity contribution in [1.29, 1.82) is 0 Å². The zero-order valence-corrected chi connectivity index (χ0v) is 16.8. The first-order valence-electron chi connectivity index (χ1n) is 10.8. The lowest BCUT2D eigenvalue weighted by atomic mass is 10.1. The highest BCUT2D eigenvalue weighted by molar-refractivity contribution is 5.78. The van der Waals surface area contributed by atoms with Crippen LogP contribution in [0.15, 0.2) is 36.4 Å². The van der Waals surface area contributed by atoms with Crippen molar-refractivity contribution in [3.8, 4) is 11.8 Å². The summed E-state index contributed by atoms with van der Waals surface area (Å²) in [5, 5.41) is 6.99. The third-order valence-corrected chi connectivity index (χ3v) is 6.13. The molecule has 0 unspecified atom stereocenters. The summed E-state index contributed by atoms with van der Waals surface area (Å²) in [6, 6.07) is 13.1. The van der Waals surface area contributed by atoms with Crippen molar-refractivity contribution in [3.63, 3.8) is 0 Å². The van der Waals surface area contributed by atoms with E-state index in [4.69, 9.17) is 9.97 Å². The van der Waals surface area contributed by atoms with Gasteiger partial charge < -0.3 is 20.6 Å². The van der Waals surface area contributed by atoms with E-state index in [0.717, 1.165) is 70.8 Å². The SMILES string of the molecule is C(#Cc1ccc2nc([C@@H]3CCCN3)[nH]c2c1)c1ccc2nc([C@@H]3CCCN3)[nH]c2c1. The van der Waals surface area contributed by atoms with Crippen LogP contribution in [0.4, 0.5) is 0 Å². The molecular weight excluding hydrogens is 372 g/mol. The van der Waals surface area contributed by atoms with Crippen LogP contribution in [0, 0.1) is 11.8 Å². The maximum absolute atomic E-state index is 4.74. The van der Waals surface area contributed by atoms with Gasteiger partial charge in [-0.1, -0.05) is 11.8 Å². The van der Waals surface area contributed by atoms with Gasteiger partial charge in [0, 0.05) is 11.1 Å². The Morgan fingerprint density at radius 2 is 1.20 bits per heavy atom. The summed E-state index contributed by atoms with van der Waals surface area (Å²) in [4.78, 5) is 16.4. The van der Waals surface area contributed by atoms with Gasteiger partial charge in [0.05, 0.1) is 34.2 Å². The number of aromatic amines is 2. The molecule has 2 saturated heterocycles. The first kappa shape index (κ1) is 17.7. The molecule has 0 radical (unpaired) electrons. The van der Waals surface area contributed by atoms with Crippen molar-refractivity contribution < 1.29 is 0 Å². The van der Waals surface area contributed by atoms with Crippen LogP contribution in [-0.2, 0) is 0 Å². The number of nitrogens with zero attached hydrogens (tertiary/aromatic N) is 2. The van der Waals surface area contributed by atoms with Crippen LogP contribution in [0.1, 0.15) is 60.5 Å². The molecule has 0 saturated carbocycles. The number of hydrogen-bond donors (Lipinski definition) is 4. The summed E-state index contributed by atoms with van der Waals surface area (Å²) in [7, 11) is 0. The molecule has 6 heteroatoms. The Labute approximate surface area is 174 Å². The second kappa shape index (κ2) is 7.28. The maximum atomic E-state index is 4.74. The molecule has 0 spiro atoms. The summed E-state index contributed by atoms with van der Waals surface area (Å²) >= 11 is 0. The van der Waals surface area contributed by atoms with E-state index < -0.39 is 0 Å². The van der Waals surface area contributed by atoms with Gasteiger partial charge in [0.25, 0.3) is 0 Å². The molecular formula is C24H24N6. The van der Waals surface area contributed by atoms with Crippen LogP contribution in [-0.4, -0.2) is 33.0 Å². The molecule has 2 aliphatic rings. The molecule has 6 nitrogen and oxygen atoms in total. The number of rotatable bonds is 2. The lowest BCUT2D eigenvalue weighted by Crippen LogP contribution is -2.13. The fourth-order valence-electron chi connectivity index (χ4n) is 4.52. The predicted octanol–water partition coefficient (Wildman–Crippen LogP) is 3.69. The number of aromatic nitrogens is 4. The van der Waals surface area contributed by atoms with Crippen LogP contribution in [0.3, 0.4) is 0 Å². The van der Waals surface area contributed by atoms with Gasteiger partial charge in [-0.05, 0) is 75.2 Å². The van der Waals surface area contributed by atoms with Gasteiger partial charge in [0.15, 0.2) is 0 Å². The highest BCUT2D eigenvalue weighted by Crippen LogP contribution is 2.25. The van der Waals surface area contributed by atoms with Gasteiger partial charge in [-0.2, -0.15) is 0 Å². The van der Waals surface area contributed by atoms with E-state index in [9.17, 15) is 0 Å². The second-order valence-electron chi connectivity index (χ2n) is 8.26. The predicted molar refractivity (Wildman–Crippen MR) is 118 cm³/mol. The summed E-state index contributed by atoms with van der Waals surface area (Å²) in [5.74, 6) is 8.66. The molecule has 2 aromatic carbocycles. The number of imidazole rings is 2. The minimum absolute atomic E-state index is 0.345. The first-order chi connectivity index (χ1) is 14.8. The third-order valence-electron chi connectivity index (χ3n) is 6.13. The molecule has 2 aliphatic heterocycles. The molecule has 150 valence electrons. The number of hydrogen-bond acceptors (Lipinski definition) is 4. The van der Waals surface area contributed by atoms with Crippen molar-refractivity contribution in [2.75, 3.05) is 13.1 Å². The number of benzene rings is 2. The molecule has 6 rings (SSSR count). The molecule has 2 atom stereocenters. The number of nitrogens with one attached hydrogen (secondary N) is 4. The third kappa shape index (κ3) is 3.26. The topological polar surface area (TPSA) is 81.4 Å². The normalized spacial score (nSPS) is 21.3. The Hall–Kier alpha value is -3.14. The van der Waals surface area contributed by atoms with Crippen LogP contribution in [0.25, 0.3) is 22.1 Å². The van der Waals surface area contributed by atoms with Crippen molar-refractivity contribution in [1.82, 2.24) is 30.6 Å². The molecule has 2 aromatic heterocycles. The minimum atomic E-state index is 0.345. The standard InChI is InChI=1S/C24H24N6/c1-3-19(25-11-1)23-27-17-9-7-15(13-21(17)29-23)5-6-16-8-10-18-22(14-16)30-24(28-18)20-4-2-12-26-20/h7-10,13-14,19-20,25-26H,1-4,11-12H2,(H,27,29)(H,28,30)/t19-,20-/m0/s1. The van der Waals surface area contributed by atoms with E-state index >= 15 is 0 Å². The van der Waals surface area contributed by atoms with Gasteiger partial charge >= 0.3 is 0 Å². The largest absolute Gasteiger partial charge is 0.341 e. The smallest absolute Gasteiger partial charge is 0.124 e. The fourth-order valence-corrected chi connectivity index (χ4v) is 4.52. The Bertz CT molecular complexity index is 1180. The van der Waals surface area contributed by atoms with E-state index in [2.05, 4.69) is 44.6 Å². The molecule has 0 bridgehead atoms. The van der Waals surface area contributed by atoms with E-state index in [1.165, 1.54) is 12.8 Å². The average Bonchev–Trinajstić information content (AvgIpc) is 3.55. The lowest BCUT2D eigenvalue weighted by molar-refractivity contribution is 0.614. The zero-order chi connectivity index (χ0) is 19.9. The first-order valence-corrected chi connectivity index (χ1v) is 10.8. The van der Waals surface area contributed by atoms with Crippen molar-refractivity contribution in [2.45, 2.75) is 37.8 Å². The van der Waals surface area contributed by atoms with Crippen molar-refractivity contribution in [3.05, 3.63) is 59.2 Å². The molecule has 4 aromatic rings. The van der Waals surface area contributed by atoms with E-state index in [0.29, 0.717) is 12.1 Å². The van der Waals surface area contributed by atoms with Gasteiger partial charge in [0.1, 0.15) is 11.6 Å². The minimum Gasteiger partial charge on any atom is -0.341 e. The van der Waals surface area contributed by atoms with E-state index in [1.807, 2.05) is 24.3 Å². The van der Waals surface area contributed by atoms with Crippen LogP contribution in [0.5, 0.6) is 0 Å². The van der Waals surface area contributed by atoms with Gasteiger partial charge in [-0.3, -0.25) is 0 Å². The fraction of sp³-hybridized carbons (Fsp3) is 0.333. The average molecular weight is 396 g/mol. The molecule has 30 heavy (non-hydrogen) atoms. The summed E-state index contributed by atoms with van der Waals surface area (Å²) < 4.78 is 0. The molecule has 4 N–H and O–H groups in total. The highest BCUT2D eigenvalue weighted by Gasteiger charge is 2.20. The quantitative estimate of drug-likeness (QED) is 0.390. The molecule has 0 aliphatic carbocycles. The molecule has 2 fully saturated rings. The Morgan fingerprint density at radius 1 is 0.700 bits per heavy atom. The Balaban J connectivity index is 1.27. The lowest BCUT2D eigenvalue weighted by Gasteiger charge is -2.04. The summed E-state index contributed by atoms with van der Waals surface area (Å²) in [6.45, 7) is 2.13. The van der Waals surface area contributed by atoms with Crippen LogP contribution in [0.2, 0.25) is 0 Å². The molecule has 0 amide bonds. The zero-order valence-electron chi connectivity index (χ0n) is 16.8. The second-order valence-corrected chi connectivity index (χ2v) is 8.26. The highest BCUT2D eigenvalue weighted by atomic mass is 15.0. The molecule has 4 heterocycles. The van der Waals surface area contributed by atoms with Gasteiger partial charge in [-0.15, -0.1) is 0 Å². The summed E-state index contributed by atoms with van der Waals surface area (Å²) in [6.07, 6.45) is 4.69. The van der Waals surface area contributed by atoms with Crippen LogP contribution >= 0.6 is 0 Å². The monoisotopic (exact) mass is 396 g/mol. The van der Waals surface area contributed by atoms with Crippen molar-refractivity contribution >= 4 is 22.1 Å².